The quantitative estimate of drug-likeness (QED) is 0.314. The fourth-order valence-electron chi connectivity index (χ4n) is 10.1. The minimum Gasteiger partial charge on any atom is -0.458 e. The van der Waals surface area contributed by atoms with Crippen molar-refractivity contribution in [3.63, 3.8) is 0 Å². The molecular formula is C29H38O9. The Bertz CT molecular complexity index is 1100. The summed E-state index contributed by atoms with van der Waals surface area (Å²) in [6.07, 6.45) is 5.78. The van der Waals surface area contributed by atoms with Crippen molar-refractivity contribution < 1.29 is 43.5 Å². The number of carbonyl (C=O) groups is 3. The van der Waals surface area contributed by atoms with E-state index >= 15 is 0 Å². The van der Waals surface area contributed by atoms with Gasteiger partial charge >= 0.3 is 5.97 Å². The summed E-state index contributed by atoms with van der Waals surface area (Å²) < 4.78 is 23.3. The van der Waals surface area contributed by atoms with Crippen LogP contribution in [0.1, 0.15) is 71.6 Å². The van der Waals surface area contributed by atoms with Crippen molar-refractivity contribution in [1.82, 2.24) is 0 Å². The van der Waals surface area contributed by atoms with Gasteiger partial charge in [0.05, 0.1) is 23.9 Å². The van der Waals surface area contributed by atoms with Crippen molar-refractivity contribution in [3.05, 3.63) is 11.6 Å². The van der Waals surface area contributed by atoms with Crippen LogP contribution < -0.4 is 0 Å². The fourth-order valence-corrected chi connectivity index (χ4v) is 10.1. The summed E-state index contributed by atoms with van der Waals surface area (Å²) in [4.78, 5) is 37.6. The van der Waals surface area contributed by atoms with Crippen LogP contribution in [0.4, 0.5) is 0 Å². The Labute approximate surface area is 222 Å². The number of esters is 1. The monoisotopic (exact) mass is 530 g/mol. The maximum absolute atomic E-state index is 13.1. The van der Waals surface area contributed by atoms with Crippen molar-refractivity contribution in [2.45, 2.75) is 108 Å². The number of aldehydes is 1. The largest absolute Gasteiger partial charge is 0.458 e. The molecular weight excluding hydrogens is 492 g/mol. The van der Waals surface area contributed by atoms with Crippen molar-refractivity contribution in [2.75, 3.05) is 6.61 Å². The molecule has 0 radical (unpaired) electrons. The average Bonchev–Trinajstić information content (AvgIpc) is 3.42. The van der Waals surface area contributed by atoms with Crippen LogP contribution in [0.5, 0.6) is 0 Å². The average molecular weight is 531 g/mol. The molecule has 38 heavy (non-hydrogen) atoms. The molecule has 0 aromatic rings. The summed E-state index contributed by atoms with van der Waals surface area (Å²) >= 11 is 0. The Morgan fingerprint density at radius 2 is 1.84 bits per heavy atom. The summed E-state index contributed by atoms with van der Waals surface area (Å²) in [5.74, 6) is -2.74. The van der Waals surface area contributed by atoms with Gasteiger partial charge in [0, 0.05) is 23.3 Å². The molecule has 12 atom stereocenters. The van der Waals surface area contributed by atoms with Crippen molar-refractivity contribution in [2.24, 2.45) is 34.5 Å². The molecule has 7 aliphatic rings. The number of carbonyl (C=O) groups excluding carboxylic acids is 3. The number of hydrogen-bond acceptors (Lipinski definition) is 9. The van der Waals surface area contributed by atoms with Gasteiger partial charge < -0.3 is 34.0 Å². The van der Waals surface area contributed by atoms with Crippen molar-refractivity contribution in [3.8, 4) is 0 Å². The molecule has 0 bridgehead atoms. The third-order valence-electron chi connectivity index (χ3n) is 11.9. The third-order valence-corrected chi connectivity index (χ3v) is 11.9. The molecule has 0 spiro atoms. The van der Waals surface area contributed by atoms with Gasteiger partial charge in [-0.05, 0) is 87.5 Å². The first kappa shape index (κ1) is 25.3. The molecule has 2 N–H and O–H groups in total. The third kappa shape index (κ3) is 3.14. The summed E-state index contributed by atoms with van der Waals surface area (Å²) in [7, 11) is 0. The van der Waals surface area contributed by atoms with Crippen LogP contribution in [0.3, 0.4) is 0 Å². The molecule has 4 aliphatic carbocycles. The Hall–Kier alpha value is -1.65. The first-order chi connectivity index (χ1) is 18.0. The van der Waals surface area contributed by atoms with E-state index in [1.54, 1.807) is 13.0 Å². The Kier molecular flexibility index (Phi) is 5.46. The van der Waals surface area contributed by atoms with Crippen molar-refractivity contribution >= 4 is 18.0 Å². The number of ether oxygens (including phenoxy) is 4. The molecule has 9 heteroatoms. The number of cyclic esters (lactones) is 1. The zero-order valence-electron chi connectivity index (χ0n) is 22.1. The van der Waals surface area contributed by atoms with E-state index in [0.717, 1.165) is 44.0 Å². The normalized spacial score (nSPS) is 55.5. The zero-order valence-corrected chi connectivity index (χ0v) is 22.1. The van der Waals surface area contributed by atoms with Gasteiger partial charge in [-0.3, -0.25) is 4.79 Å². The van der Waals surface area contributed by atoms with Crippen LogP contribution in [-0.4, -0.2) is 70.8 Å². The van der Waals surface area contributed by atoms with Crippen molar-refractivity contribution in [1.29, 1.82) is 0 Å². The van der Waals surface area contributed by atoms with E-state index in [1.165, 1.54) is 0 Å². The Morgan fingerprint density at radius 1 is 1.03 bits per heavy atom. The number of rotatable bonds is 2. The first-order valence-electron chi connectivity index (χ1n) is 14.3. The standard InChI is InChI=1S/C29H38O9/c1-15-9-23(31)29(34)25(36-15)37-22-12-27(14-30)17(11-21(22)38-29)3-4-20-19(27)5-7-26(2)18(6-8-28(20,26)33)16-10-24(32)35-13-16/h10,14-15,17-22,25,33-34H,3-9,11-13H2,1-2H3/t15-,17+,18-,19+,20-,21+,22+,25+,26-,27-,28?,29+/m1/s1. The van der Waals surface area contributed by atoms with E-state index in [4.69, 9.17) is 18.9 Å². The van der Waals surface area contributed by atoms with Gasteiger partial charge in [0.1, 0.15) is 12.9 Å². The van der Waals surface area contributed by atoms with E-state index in [2.05, 4.69) is 6.92 Å². The van der Waals surface area contributed by atoms with Gasteiger partial charge in [0.15, 0.2) is 5.78 Å². The molecule has 4 saturated carbocycles. The fraction of sp³-hybridized carbons (Fsp3) is 0.828. The summed E-state index contributed by atoms with van der Waals surface area (Å²) in [6.45, 7) is 4.24. The lowest BCUT2D eigenvalue weighted by Gasteiger charge is -2.64. The highest BCUT2D eigenvalue weighted by Gasteiger charge is 2.70. The molecule has 1 unspecified atom stereocenters. The SMILES string of the molecule is C[C@@H]1CC(=O)[C@]2(O)O[C@H]3C[C@@H]4CC[C@@H]5[C@H](CC[C@]6(C)[C@@H](C7=CC(=O)OC7)CCC56O)[C@@]4(C=O)C[C@@H]3O[C@@H]2O1. The zero-order chi connectivity index (χ0) is 26.7. The molecule has 208 valence electrons. The van der Waals surface area contributed by atoms with E-state index in [9.17, 15) is 24.6 Å². The number of fused-ring (bicyclic) bond motifs is 7. The lowest BCUT2D eigenvalue weighted by molar-refractivity contribution is -0.413. The molecule has 7 rings (SSSR count). The predicted octanol–water partition coefficient (Wildman–Crippen LogP) is 2.21. The Balaban J connectivity index is 1.18. The van der Waals surface area contributed by atoms with E-state index in [1.807, 2.05) is 0 Å². The number of hydrogen-bond donors (Lipinski definition) is 2. The summed E-state index contributed by atoms with van der Waals surface area (Å²) in [6, 6.07) is 0. The topological polar surface area (TPSA) is 129 Å². The van der Waals surface area contributed by atoms with Crippen LogP contribution in [0, 0.1) is 34.5 Å². The highest BCUT2D eigenvalue weighted by Crippen LogP contribution is 2.70. The summed E-state index contributed by atoms with van der Waals surface area (Å²) in [5.41, 5.74) is -0.991. The minimum absolute atomic E-state index is 0.00389. The van der Waals surface area contributed by atoms with E-state index in [0.29, 0.717) is 25.9 Å². The van der Waals surface area contributed by atoms with Gasteiger partial charge in [-0.1, -0.05) is 6.92 Å². The molecule has 3 aliphatic heterocycles. The molecule has 0 aromatic carbocycles. The van der Waals surface area contributed by atoms with E-state index < -0.39 is 41.1 Å². The van der Waals surface area contributed by atoms with Gasteiger partial charge in [-0.25, -0.2) is 4.79 Å². The molecule has 2 saturated heterocycles. The van der Waals surface area contributed by atoms with Crippen LogP contribution in [0.25, 0.3) is 0 Å². The second-order valence-corrected chi connectivity index (χ2v) is 13.4. The maximum atomic E-state index is 13.1. The van der Waals surface area contributed by atoms with E-state index in [-0.39, 0.29) is 47.6 Å². The second kappa shape index (κ2) is 8.19. The number of ketones is 1. The van der Waals surface area contributed by atoms with Gasteiger partial charge in [-0.15, -0.1) is 0 Å². The van der Waals surface area contributed by atoms with Crippen LogP contribution >= 0.6 is 0 Å². The highest BCUT2D eigenvalue weighted by molar-refractivity contribution is 5.87. The van der Waals surface area contributed by atoms with Gasteiger partial charge in [0.2, 0.25) is 6.29 Å². The number of aliphatic hydroxyl groups is 2. The molecule has 0 aromatic heterocycles. The second-order valence-electron chi connectivity index (χ2n) is 13.4. The number of Topliss-reactive ketones (excluding diaryl/α,β-unsaturated/α-hetero) is 1. The minimum atomic E-state index is -2.10. The highest BCUT2D eigenvalue weighted by atomic mass is 16.8. The van der Waals surface area contributed by atoms with Crippen LogP contribution in [-0.2, 0) is 33.3 Å². The Morgan fingerprint density at radius 3 is 2.58 bits per heavy atom. The van der Waals surface area contributed by atoms with Crippen LogP contribution in [0.2, 0.25) is 0 Å². The lowest BCUT2D eigenvalue weighted by atomic mass is 9.42. The predicted molar refractivity (Wildman–Crippen MR) is 130 cm³/mol. The maximum Gasteiger partial charge on any atom is 0.331 e. The lowest BCUT2D eigenvalue weighted by Crippen LogP contribution is -2.70. The molecule has 3 heterocycles. The first-order valence-corrected chi connectivity index (χ1v) is 14.3. The van der Waals surface area contributed by atoms with Crippen LogP contribution in [0.15, 0.2) is 11.6 Å². The van der Waals surface area contributed by atoms with Gasteiger partial charge in [-0.2, -0.15) is 0 Å². The molecule has 9 nitrogen and oxygen atoms in total. The van der Waals surface area contributed by atoms with Gasteiger partial charge in [0.25, 0.3) is 5.79 Å². The summed E-state index contributed by atoms with van der Waals surface area (Å²) in [5, 5.41) is 23.5. The smallest absolute Gasteiger partial charge is 0.331 e. The molecule has 0 amide bonds. The molecule has 6 fully saturated rings.